The van der Waals surface area contributed by atoms with Crippen LogP contribution in [0.5, 0.6) is 0 Å². The third kappa shape index (κ3) is 4.28. The van der Waals surface area contributed by atoms with Gasteiger partial charge in [0.1, 0.15) is 12.7 Å². The summed E-state index contributed by atoms with van der Waals surface area (Å²) in [6.45, 7) is -0.819. The molecule has 3 N–H and O–H groups in total. The van der Waals surface area contributed by atoms with E-state index in [4.69, 9.17) is 21.4 Å². The van der Waals surface area contributed by atoms with Crippen LogP contribution < -0.4 is 5.36 Å². The van der Waals surface area contributed by atoms with Crippen LogP contribution in [0.3, 0.4) is 0 Å². The Morgan fingerprint density at radius 1 is 1.22 bits per heavy atom. The van der Waals surface area contributed by atoms with Crippen molar-refractivity contribution in [1.29, 1.82) is 0 Å². The van der Waals surface area contributed by atoms with E-state index in [0.29, 0.717) is 27.0 Å². The zero-order chi connectivity index (χ0) is 19.4. The summed E-state index contributed by atoms with van der Waals surface area (Å²) in [7, 11) is 0. The molecule has 0 aliphatic carbocycles. The zero-order valence-electron chi connectivity index (χ0n) is 14.1. The maximum atomic E-state index is 12.3. The Bertz CT molecular complexity index is 1050. The van der Waals surface area contributed by atoms with Crippen molar-refractivity contribution >= 4 is 34.2 Å². The molecule has 0 bridgehead atoms. The van der Waals surface area contributed by atoms with Crippen molar-refractivity contribution in [2.75, 3.05) is 13.2 Å². The molecule has 3 rings (SSSR count). The van der Waals surface area contributed by atoms with Crippen molar-refractivity contribution in [3.05, 3.63) is 70.7 Å². The van der Waals surface area contributed by atoms with Gasteiger partial charge in [-0.25, -0.2) is 9.79 Å². The van der Waals surface area contributed by atoms with Crippen molar-refractivity contribution in [2.45, 2.75) is 6.10 Å². The lowest BCUT2D eigenvalue weighted by Crippen LogP contribution is -2.22. The van der Waals surface area contributed by atoms with Crippen LogP contribution in [0.2, 0.25) is 5.02 Å². The number of rotatable bonds is 5. The molecule has 0 radical (unpaired) electrons. The molecule has 8 heteroatoms. The first kappa shape index (κ1) is 18.9. The van der Waals surface area contributed by atoms with Gasteiger partial charge in [-0.2, -0.15) is 4.73 Å². The zero-order valence-corrected chi connectivity index (χ0v) is 14.9. The largest absolute Gasteiger partial charge is 0.459 e. The number of aromatic nitrogens is 1. The second-order valence-electron chi connectivity index (χ2n) is 5.77. The fourth-order valence-corrected chi connectivity index (χ4v) is 2.66. The van der Waals surface area contributed by atoms with Gasteiger partial charge in [0.2, 0.25) is 0 Å². The Hall–Kier alpha value is -2.87. The van der Waals surface area contributed by atoms with Gasteiger partial charge < -0.3 is 20.2 Å². The number of carbonyl (C=O) groups is 1. The Morgan fingerprint density at radius 2 is 2.00 bits per heavy atom. The molecule has 7 nitrogen and oxygen atoms in total. The Labute approximate surface area is 159 Å². The lowest BCUT2D eigenvalue weighted by atomic mass is 10.1. The Morgan fingerprint density at radius 3 is 2.78 bits per heavy atom. The predicted octanol–water partition coefficient (Wildman–Crippen LogP) is 2.27. The number of ether oxygens (including phenoxy) is 1. The highest BCUT2D eigenvalue weighted by Crippen LogP contribution is 2.21. The predicted molar refractivity (Wildman–Crippen MR) is 99.2 cm³/mol. The number of esters is 1. The maximum Gasteiger partial charge on any atom is 0.340 e. The van der Waals surface area contributed by atoms with E-state index >= 15 is 0 Å². The number of pyridine rings is 1. The first-order chi connectivity index (χ1) is 13.0. The molecule has 1 unspecified atom stereocenters. The highest BCUT2D eigenvalue weighted by Gasteiger charge is 2.14. The molecule has 0 aliphatic heterocycles. The van der Waals surface area contributed by atoms with Gasteiger partial charge in [-0.15, -0.1) is 0 Å². The monoisotopic (exact) mass is 388 g/mol. The van der Waals surface area contributed by atoms with Crippen LogP contribution in [0.4, 0.5) is 5.69 Å². The number of benzene rings is 2. The Kier molecular flexibility index (Phi) is 5.75. The van der Waals surface area contributed by atoms with Crippen molar-refractivity contribution in [3.63, 3.8) is 0 Å². The van der Waals surface area contributed by atoms with Gasteiger partial charge in [-0.1, -0.05) is 23.7 Å². The van der Waals surface area contributed by atoms with Crippen LogP contribution in [0.15, 0.2) is 59.7 Å². The molecule has 0 saturated carbocycles. The molecule has 0 aliphatic rings. The van der Waals surface area contributed by atoms with Gasteiger partial charge in [0, 0.05) is 16.6 Å². The number of aliphatic hydroxyl groups is 2. The van der Waals surface area contributed by atoms with E-state index in [2.05, 4.69) is 4.99 Å². The number of hydrogen-bond acceptors (Lipinski definition) is 6. The van der Waals surface area contributed by atoms with E-state index in [1.807, 2.05) is 0 Å². The summed E-state index contributed by atoms with van der Waals surface area (Å²) in [4.78, 5) is 16.8. The molecular weight excluding hydrogens is 372 g/mol. The molecule has 140 valence electrons. The highest BCUT2D eigenvalue weighted by molar-refractivity contribution is 6.31. The number of hydrogen-bond donors (Lipinski definition) is 3. The van der Waals surface area contributed by atoms with Crippen molar-refractivity contribution in [2.24, 2.45) is 4.99 Å². The Balaban J connectivity index is 2.05. The molecule has 0 amide bonds. The fraction of sp³-hybridized carbons (Fsp3) is 0.158. The molecule has 0 spiro atoms. The van der Waals surface area contributed by atoms with E-state index in [0.717, 1.165) is 4.73 Å². The topological polar surface area (TPSA) is 104 Å². The summed E-state index contributed by atoms with van der Waals surface area (Å²) in [5.74, 6) is -0.664. The fourth-order valence-electron chi connectivity index (χ4n) is 2.50. The third-order valence-electron chi connectivity index (χ3n) is 3.84. The summed E-state index contributed by atoms with van der Waals surface area (Å²) in [5.41, 5.74) is 1.05. The molecule has 1 atom stereocenters. The van der Waals surface area contributed by atoms with Crippen LogP contribution in [0.1, 0.15) is 10.4 Å². The van der Waals surface area contributed by atoms with E-state index in [-0.39, 0.29) is 12.2 Å². The molecule has 1 heterocycles. The smallest absolute Gasteiger partial charge is 0.340 e. The van der Waals surface area contributed by atoms with Crippen LogP contribution in [0.25, 0.3) is 10.9 Å². The summed E-state index contributed by atoms with van der Waals surface area (Å²) < 4.78 is 5.95. The average Bonchev–Trinajstić information content (AvgIpc) is 2.68. The van der Waals surface area contributed by atoms with E-state index in [1.54, 1.807) is 48.5 Å². The minimum Gasteiger partial charge on any atom is -0.459 e. The number of nitrogens with zero attached hydrogens (tertiary/aromatic N) is 2. The molecule has 3 aromatic rings. The third-order valence-corrected chi connectivity index (χ3v) is 4.07. The quantitative estimate of drug-likeness (QED) is 0.459. The number of halogens is 1. The van der Waals surface area contributed by atoms with Gasteiger partial charge in [0.25, 0.3) is 0 Å². The maximum absolute atomic E-state index is 12.3. The number of fused-ring (bicyclic) bond motifs is 1. The second-order valence-corrected chi connectivity index (χ2v) is 6.21. The SMILES string of the molecule is O=C(OCC(O)CO)c1ccccc1N=c1ccn(O)c2cc(Cl)ccc12. The van der Waals surface area contributed by atoms with Crippen molar-refractivity contribution in [3.8, 4) is 0 Å². The minimum absolute atomic E-state index is 0.213. The van der Waals surface area contributed by atoms with Gasteiger partial charge in [-0.05, 0) is 36.4 Å². The molecule has 2 aromatic carbocycles. The molecule has 0 saturated heterocycles. The molecule has 0 fully saturated rings. The average molecular weight is 389 g/mol. The van der Waals surface area contributed by atoms with E-state index < -0.39 is 18.7 Å². The van der Waals surface area contributed by atoms with E-state index in [9.17, 15) is 15.1 Å². The van der Waals surface area contributed by atoms with Crippen molar-refractivity contribution in [1.82, 2.24) is 4.73 Å². The minimum atomic E-state index is -1.14. The first-order valence-corrected chi connectivity index (χ1v) is 8.47. The summed E-state index contributed by atoms with van der Waals surface area (Å²) in [6, 6.07) is 13.2. The molecular formula is C19H17ClN2O5. The van der Waals surface area contributed by atoms with Crippen LogP contribution in [-0.4, -0.2) is 45.4 Å². The number of aliphatic hydroxyl groups excluding tert-OH is 2. The standard InChI is InChI=1S/C19H17ClN2O5/c20-12-5-6-14-17(7-8-22(26)18(14)9-12)21-16-4-2-1-3-15(16)19(25)27-11-13(24)10-23/h1-9,13,23-24,26H,10-11H2. The van der Waals surface area contributed by atoms with Gasteiger partial charge in [0.15, 0.2) is 0 Å². The first-order valence-electron chi connectivity index (χ1n) is 8.09. The summed E-state index contributed by atoms with van der Waals surface area (Å²) >= 11 is 5.99. The van der Waals surface area contributed by atoms with Gasteiger partial charge in [0.05, 0.1) is 28.7 Å². The summed E-state index contributed by atoms with van der Waals surface area (Å²) in [6.07, 6.45) is 0.289. The normalized spacial score (nSPS) is 12.9. The highest BCUT2D eigenvalue weighted by atomic mass is 35.5. The lowest BCUT2D eigenvalue weighted by Gasteiger charge is -2.10. The van der Waals surface area contributed by atoms with Gasteiger partial charge >= 0.3 is 5.97 Å². The molecule has 1 aromatic heterocycles. The van der Waals surface area contributed by atoms with Crippen LogP contribution >= 0.6 is 11.6 Å². The van der Waals surface area contributed by atoms with E-state index in [1.165, 1.54) is 6.20 Å². The van der Waals surface area contributed by atoms with Crippen LogP contribution in [0, 0.1) is 0 Å². The molecule has 27 heavy (non-hydrogen) atoms. The lowest BCUT2D eigenvalue weighted by molar-refractivity contribution is 0.00939. The summed E-state index contributed by atoms with van der Waals surface area (Å²) in [5, 5.41) is 29.8. The van der Waals surface area contributed by atoms with Crippen LogP contribution in [-0.2, 0) is 4.74 Å². The van der Waals surface area contributed by atoms with Crippen molar-refractivity contribution < 1.29 is 25.0 Å². The number of carbonyl (C=O) groups excluding carboxylic acids is 1. The number of para-hydroxylation sites is 1. The second kappa shape index (κ2) is 8.22. The van der Waals surface area contributed by atoms with Gasteiger partial charge in [-0.3, -0.25) is 0 Å².